The van der Waals surface area contributed by atoms with Crippen molar-refractivity contribution in [3.05, 3.63) is 34.9 Å². The molecule has 1 aliphatic rings. The molecule has 4 heteroatoms. The molecule has 1 aliphatic heterocycles. The molecule has 0 aromatic heterocycles. The minimum atomic E-state index is -0.309. The summed E-state index contributed by atoms with van der Waals surface area (Å²) in [5, 5.41) is 3.31. The molecule has 1 atom stereocenters. The minimum Gasteiger partial charge on any atom is -0.368 e. The molecule has 0 radical (unpaired) electrons. The fourth-order valence-corrected chi connectivity index (χ4v) is 2.78. The van der Waals surface area contributed by atoms with Crippen molar-refractivity contribution in [2.24, 2.45) is 5.73 Å². The summed E-state index contributed by atoms with van der Waals surface area (Å²) in [5.74, 6) is 0.196. The van der Waals surface area contributed by atoms with Crippen LogP contribution in [-0.4, -0.2) is 37.0 Å². The number of rotatable bonds is 4. The normalized spacial score (nSPS) is 18.2. The van der Waals surface area contributed by atoms with Crippen molar-refractivity contribution in [1.29, 1.82) is 0 Å². The highest BCUT2D eigenvalue weighted by Gasteiger charge is 2.28. The van der Waals surface area contributed by atoms with Gasteiger partial charge in [0.15, 0.2) is 0 Å². The van der Waals surface area contributed by atoms with E-state index in [-0.39, 0.29) is 11.9 Å². The van der Waals surface area contributed by atoms with E-state index in [1.54, 1.807) is 0 Å². The van der Waals surface area contributed by atoms with Crippen molar-refractivity contribution in [2.75, 3.05) is 26.2 Å². The van der Waals surface area contributed by atoms with Gasteiger partial charge in [-0.05, 0) is 29.5 Å². The Morgan fingerprint density at radius 2 is 1.95 bits per heavy atom. The lowest BCUT2D eigenvalue weighted by Gasteiger charge is -2.34. The molecule has 0 spiro atoms. The Labute approximate surface area is 121 Å². The quantitative estimate of drug-likeness (QED) is 0.876. The average Bonchev–Trinajstić information content (AvgIpc) is 2.41. The van der Waals surface area contributed by atoms with E-state index in [1.165, 1.54) is 5.56 Å². The van der Waals surface area contributed by atoms with Gasteiger partial charge in [0.25, 0.3) is 0 Å². The number of primary amides is 1. The molecule has 4 nitrogen and oxygen atoms in total. The Morgan fingerprint density at radius 1 is 1.30 bits per heavy atom. The van der Waals surface area contributed by atoms with Gasteiger partial charge < -0.3 is 11.1 Å². The largest absolute Gasteiger partial charge is 0.368 e. The smallest absolute Gasteiger partial charge is 0.239 e. The van der Waals surface area contributed by atoms with Crippen molar-refractivity contribution in [3.8, 4) is 0 Å². The third kappa shape index (κ3) is 3.19. The summed E-state index contributed by atoms with van der Waals surface area (Å²) < 4.78 is 0. The van der Waals surface area contributed by atoms with Gasteiger partial charge in [-0.15, -0.1) is 0 Å². The van der Waals surface area contributed by atoms with Crippen molar-refractivity contribution in [2.45, 2.75) is 32.7 Å². The number of hydrogen-bond acceptors (Lipinski definition) is 3. The van der Waals surface area contributed by atoms with Gasteiger partial charge in [0.05, 0.1) is 0 Å². The number of carbonyl (C=O) groups excluding carboxylic acids is 1. The number of hydrogen-bond donors (Lipinski definition) is 2. The number of piperazine rings is 1. The first kappa shape index (κ1) is 15.0. The number of nitrogens with zero attached hydrogens (tertiary/aromatic N) is 1. The van der Waals surface area contributed by atoms with Crippen molar-refractivity contribution in [3.63, 3.8) is 0 Å². The molecule has 20 heavy (non-hydrogen) atoms. The monoisotopic (exact) mass is 275 g/mol. The van der Waals surface area contributed by atoms with Crippen molar-refractivity contribution < 1.29 is 4.79 Å². The zero-order chi connectivity index (χ0) is 14.7. The van der Waals surface area contributed by atoms with Gasteiger partial charge in [0.1, 0.15) is 6.04 Å². The molecule has 0 saturated carbocycles. The maximum absolute atomic E-state index is 12.0. The highest BCUT2D eigenvalue weighted by molar-refractivity contribution is 5.82. The molecule has 1 aromatic rings. The van der Waals surface area contributed by atoms with Gasteiger partial charge in [-0.25, -0.2) is 0 Å². The van der Waals surface area contributed by atoms with Gasteiger partial charge in [-0.3, -0.25) is 9.69 Å². The van der Waals surface area contributed by atoms with Crippen LogP contribution in [0.5, 0.6) is 0 Å². The lowest BCUT2D eigenvalue weighted by molar-refractivity contribution is -0.123. The second kappa shape index (κ2) is 6.37. The summed E-state index contributed by atoms with van der Waals surface area (Å²) in [6, 6.07) is 6.08. The van der Waals surface area contributed by atoms with E-state index in [9.17, 15) is 4.79 Å². The van der Waals surface area contributed by atoms with Crippen molar-refractivity contribution in [1.82, 2.24) is 10.2 Å². The zero-order valence-electron chi connectivity index (χ0n) is 12.6. The van der Waals surface area contributed by atoms with Crippen LogP contribution in [-0.2, 0) is 4.79 Å². The number of aryl methyl sites for hydroxylation is 1. The van der Waals surface area contributed by atoms with E-state index in [1.807, 2.05) is 0 Å². The van der Waals surface area contributed by atoms with Gasteiger partial charge in [0, 0.05) is 26.2 Å². The van der Waals surface area contributed by atoms with E-state index in [0.29, 0.717) is 5.92 Å². The van der Waals surface area contributed by atoms with E-state index in [0.717, 1.165) is 37.3 Å². The Kier molecular flexibility index (Phi) is 4.78. The lowest BCUT2D eigenvalue weighted by atomic mass is 9.93. The van der Waals surface area contributed by atoms with E-state index in [2.05, 4.69) is 49.2 Å². The van der Waals surface area contributed by atoms with Crippen LogP contribution in [0.25, 0.3) is 0 Å². The van der Waals surface area contributed by atoms with Crippen LogP contribution in [0, 0.1) is 6.92 Å². The fourth-order valence-electron chi connectivity index (χ4n) is 2.78. The van der Waals surface area contributed by atoms with E-state index in [4.69, 9.17) is 5.73 Å². The molecular weight excluding hydrogens is 250 g/mol. The van der Waals surface area contributed by atoms with Crippen molar-refractivity contribution >= 4 is 5.91 Å². The number of carbonyl (C=O) groups is 1. The average molecular weight is 275 g/mol. The molecule has 1 amide bonds. The van der Waals surface area contributed by atoms with Crippen LogP contribution < -0.4 is 11.1 Å². The second-order valence-corrected chi connectivity index (χ2v) is 5.86. The van der Waals surface area contributed by atoms with Crippen LogP contribution in [0.1, 0.15) is 42.5 Å². The molecular formula is C16H25N3O. The first-order valence-electron chi connectivity index (χ1n) is 7.35. The molecule has 2 rings (SSSR count). The summed E-state index contributed by atoms with van der Waals surface area (Å²) in [5.41, 5.74) is 9.15. The van der Waals surface area contributed by atoms with Crippen LogP contribution in [0.2, 0.25) is 0 Å². The summed E-state index contributed by atoms with van der Waals surface area (Å²) in [4.78, 5) is 14.2. The Bertz CT molecular complexity index is 479. The van der Waals surface area contributed by atoms with Gasteiger partial charge in [-0.1, -0.05) is 32.0 Å². The molecule has 1 aromatic carbocycles. The summed E-state index contributed by atoms with van der Waals surface area (Å²) in [6.07, 6.45) is 0. The number of benzene rings is 1. The molecule has 1 saturated heterocycles. The SMILES string of the molecule is Cc1ccc(C(C)C)cc1C(C(N)=O)N1CCNCC1. The van der Waals surface area contributed by atoms with Crippen LogP contribution in [0.3, 0.4) is 0 Å². The second-order valence-electron chi connectivity index (χ2n) is 5.86. The minimum absolute atomic E-state index is 0.254. The lowest BCUT2D eigenvalue weighted by Crippen LogP contribution is -2.48. The highest BCUT2D eigenvalue weighted by Crippen LogP contribution is 2.27. The van der Waals surface area contributed by atoms with Gasteiger partial charge in [-0.2, -0.15) is 0 Å². The molecule has 1 unspecified atom stereocenters. The van der Waals surface area contributed by atoms with Gasteiger partial charge >= 0.3 is 0 Å². The first-order valence-corrected chi connectivity index (χ1v) is 7.35. The van der Waals surface area contributed by atoms with E-state index < -0.39 is 0 Å². The Morgan fingerprint density at radius 3 is 2.50 bits per heavy atom. The summed E-state index contributed by atoms with van der Waals surface area (Å²) in [7, 11) is 0. The fraction of sp³-hybridized carbons (Fsp3) is 0.562. The maximum Gasteiger partial charge on any atom is 0.239 e. The predicted molar refractivity (Wildman–Crippen MR) is 81.6 cm³/mol. The Balaban J connectivity index is 2.37. The molecule has 1 fully saturated rings. The van der Waals surface area contributed by atoms with Crippen LogP contribution in [0.15, 0.2) is 18.2 Å². The third-order valence-corrected chi connectivity index (χ3v) is 4.05. The van der Waals surface area contributed by atoms with E-state index >= 15 is 0 Å². The molecule has 1 heterocycles. The summed E-state index contributed by atoms with van der Waals surface area (Å²) >= 11 is 0. The summed E-state index contributed by atoms with van der Waals surface area (Å²) in [6.45, 7) is 9.92. The number of amides is 1. The number of nitrogens with one attached hydrogen (secondary N) is 1. The predicted octanol–water partition coefficient (Wildman–Crippen LogP) is 1.55. The third-order valence-electron chi connectivity index (χ3n) is 4.05. The van der Waals surface area contributed by atoms with Crippen LogP contribution in [0.4, 0.5) is 0 Å². The highest BCUT2D eigenvalue weighted by atomic mass is 16.1. The Hall–Kier alpha value is -1.39. The topological polar surface area (TPSA) is 58.4 Å². The number of nitrogens with two attached hydrogens (primary N) is 1. The standard InChI is InChI=1S/C16H25N3O/c1-11(2)13-5-4-12(3)14(10-13)15(16(17)20)19-8-6-18-7-9-19/h4-5,10-11,15,18H,6-9H2,1-3H3,(H2,17,20). The maximum atomic E-state index is 12.0. The van der Waals surface area contributed by atoms with Crippen LogP contribution >= 0.6 is 0 Å². The molecule has 3 N–H and O–H groups in total. The molecule has 110 valence electrons. The molecule has 0 aliphatic carbocycles. The first-order chi connectivity index (χ1) is 9.50. The molecule has 0 bridgehead atoms. The van der Waals surface area contributed by atoms with Gasteiger partial charge in [0.2, 0.25) is 5.91 Å². The zero-order valence-corrected chi connectivity index (χ0v) is 12.6.